The summed E-state index contributed by atoms with van der Waals surface area (Å²) in [5.74, 6) is 0.350. The van der Waals surface area contributed by atoms with E-state index in [0.717, 1.165) is 25.7 Å². The van der Waals surface area contributed by atoms with Gasteiger partial charge in [-0.2, -0.15) is 0 Å². The van der Waals surface area contributed by atoms with E-state index in [1.807, 2.05) is 11.8 Å². The zero-order valence-corrected chi connectivity index (χ0v) is 13.7. The molecule has 2 aliphatic rings. The Bertz CT molecular complexity index is 383. The van der Waals surface area contributed by atoms with Crippen molar-refractivity contribution in [2.24, 2.45) is 17.3 Å². The van der Waals surface area contributed by atoms with Gasteiger partial charge in [-0.1, -0.05) is 26.7 Å². The predicted octanol–water partition coefficient (Wildman–Crippen LogP) is 3.00. The van der Waals surface area contributed by atoms with E-state index in [9.17, 15) is 9.59 Å². The molecule has 0 aromatic heterocycles. The molecule has 1 saturated heterocycles. The summed E-state index contributed by atoms with van der Waals surface area (Å²) in [6.45, 7) is 8.12. The fraction of sp³-hybridized carbons (Fsp3) is 0.882. The number of rotatable bonds is 3. The Hall–Kier alpha value is -1.06. The standard InChI is InChI=1S/C17H29NO3/c1-4-21-16(20)13-8-11-18(12-9-13)15(19)14-7-5-6-10-17(14,2)3/h13-14H,4-12H2,1-3H3. The van der Waals surface area contributed by atoms with Gasteiger partial charge in [0.05, 0.1) is 12.5 Å². The summed E-state index contributed by atoms with van der Waals surface area (Å²) < 4.78 is 5.08. The normalized spacial score (nSPS) is 26.4. The third-order valence-corrected chi connectivity index (χ3v) is 5.23. The number of amides is 1. The maximum atomic E-state index is 12.8. The lowest BCUT2D eigenvalue weighted by Crippen LogP contribution is -2.47. The van der Waals surface area contributed by atoms with Gasteiger partial charge in [0.15, 0.2) is 0 Å². The minimum absolute atomic E-state index is 0.0200. The molecule has 0 aromatic rings. The highest BCUT2D eigenvalue weighted by Gasteiger charge is 2.40. The van der Waals surface area contributed by atoms with Crippen molar-refractivity contribution in [3.63, 3.8) is 0 Å². The van der Waals surface area contributed by atoms with E-state index in [0.29, 0.717) is 25.6 Å². The molecule has 1 heterocycles. The van der Waals surface area contributed by atoms with Crippen LogP contribution in [0.3, 0.4) is 0 Å². The summed E-state index contributed by atoms with van der Waals surface area (Å²) >= 11 is 0. The Kier molecular flexibility index (Phi) is 5.28. The van der Waals surface area contributed by atoms with E-state index in [2.05, 4.69) is 13.8 Å². The SMILES string of the molecule is CCOC(=O)C1CCN(C(=O)C2CCCCC2(C)C)CC1. The van der Waals surface area contributed by atoms with E-state index in [1.165, 1.54) is 12.8 Å². The van der Waals surface area contributed by atoms with Gasteiger partial charge in [0, 0.05) is 19.0 Å². The van der Waals surface area contributed by atoms with Gasteiger partial charge in [-0.3, -0.25) is 9.59 Å². The predicted molar refractivity (Wildman–Crippen MR) is 81.7 cm³/mol. The third-order valence-electron chi connectivity index (χ3n) is 5.23. The average molecular weight is 295 g/mol. The molecule has 1 atom stereocenters. The van der Waals surface area contributed by atoms with Crippen LogP contribution >= 0.6 is 0 Å². The summed E-state index contributed by atoms with van der Waals surface area (Å²) in [4.78, 5) is 26.5. The highest BCUT2D eigenvalue weighted by atomic mass is 16.5. The first-order valence-corrected chi connectivity index (χ1v) is 8.41. The number of hydrogen-bond donors (Lipinski definition) is 0. The first-order chi connectivity index (χ1) is 9.95. The lowest BCUT2D eigenvalue weighted by Gasteiger charge is -2.41. The zero-order valence-electron chi connectivity index (χ0n) is 13.7. The first kappa shape index (κ1) is 16.3. The van der Waals surface area contributed by atoms with Crippen molar-refractivity contribution in [2.75, 3.05) is 19.7 Å². The van der Waals surface area contributed by atoms with Crippen LogP contribution < -0.4 is 0 Å². The van der Waals surface area contributed by atoms with E-state index in [-0.39, 0.29) is 23.2 Å². The maximum Gasteiger partial charge on any atom is 0.309 e. The smallest absolute Gasteiger partial charge is 0.309 e. The Morgan fingerprint density at radius 1 is 1.14 bits per heavy atom. The molecule has 2 rings (SSSR count). The number of carbonyl (C=O) groups excluding carboxylic acids is 2. The fourth-order valence-electron chi connectivity index (χ4n) is 3.77. The molecule has 0 bridgehead atoms. The minimum Gasteiger partial charge on any atom is -0.466 e. The number of likely N-dealkylation sites (tertiary alicyclic amines) is 1. The Labute approximate surface area is 128 Å². The van der Waals surface area contributed by atoms with Crippen LogP contribution in [0, 0.1) is 17.3 Å². The molecule has 0 spiro atoms. The lowest BCUT2D eigenvalue weighted by atomic mass is 9.68. The molecule has 1 aliphatic heterocycles. The molecule has 4 nitrogen and oxygen atoms in total. The summed E-state index contributed by atoms with van der Waals surface area (Å²) in [6.07, 6.45) is 6.06. The van der Waals surface area contributed by atoms with Crippen molar-refractivity contribution >= 4 is 11.9 Å². The fourth-order valence-corrected chi connectivity index (χ4v) is 3.77. The number of carbonyl (C=O) groups is 2. The molecule has 120 valence electrons. The van der Waals surface area contributed by atoms with Gasteiger partial charge < -0.3 is 9.64 Å². The largest absolute Gasteiger partial charge is 0.466 e. The van der Waals surface area contributed by atoms with Gasteiger partial charge >= 0.3 is 5.97 Å². The summed E-state index contributed by atoms with van der Waals surface area (Å²) in [5, 5.41) is 0. The molecule has 2 fully saturated rings. The molecule has 0 aromatic carbocycles. The van der Waals surface area contributed by atoms with Crippen LogP contribution in [0.15, 0.2) is 0 Å². The zero-order chi connectivity index (χ0) is 15.5. The van der Waals surface area contributed by atoms with Crippen LogP contribution in [-0.2, 0) is 14.3 Å². The highest BCUT2D eigenvalue weighted by Crippen LogP contribution is 2.41. The van der Waals surface area contributed by atoms with Crippen LogP contribution in [0.2, 0.25) is 0 Å². The van der Waals surface area contributed by atoms with Crippen LogP contribution in [0.1, 0.15) is 59.3 Å². The van der Waals surface area contributed by atoms with Gasteiger partial charge in [-0.15, -0.1) is 0 Å². The molecular formula is C17H29NO3. The van der Waals surface area contributed by atoms with Crippen LogP contribution in [0.4, 0.5) is 0 Å². The molecule has 1 saturated carbocycles. The van der Waals surface area contributed by atoms with E-state index >= 15 is 0 Å². The van der Waals surface area contributed by atoms with Crippen LogP contribution in [0.25, 0.3) is 0 Å². The number of esters is 1. The minimum atomic E-state index is -0.0948. The number of nitrogens with zero attached hydrogens (tertiary/aromatic N) is 1. The quantitative estimate of drug-likeness (QED) is 0.752. The van der Waals surface area contributed by atoms with Crippen molar-refractivity contribution in [2.45, 2.75) is 59.3 Å². The molecule has 0 N–H and O–H groups in total. The van der Waals surface area contributed by atoms with Crippen LogP contribution in [-0.4, -0.2) is 36.5 Å². The molecule has 4 heteroatoms. The highest BCUT2D eigenvalue weighted by molar-refractivity contribution is 5.80. The third kappa shape index (κ3) is 3.78. The Morgan fingerprint density at radius 2 is 1.81 bits per heavy atom. The van der Waals surface area contributed by atoms with E-state index in [1.54, 1.807) is 0 Å². The molecule has 21 heavy (non-hydrogen) atoms. The van der Waals surface area contributed by atoms with E-state index in [4.69, 9.17) is 4.74 Å². The summed E-state index contributed by atoms with van der Waals surface area (Å²) in [7, 11) is 0. The van der Waals surface area contributed by atoms with Gasteiger partial charge in [-0.05, 0) is 38.0 Å². The van der Waals surface area contributed by atoms with Gasteiger partial charge in [-0.25, -0.2) is 0 Å². The lowest BCUT2D eigenvalue weighted by molar-refractivity contribution is -0.153. The summed E-state index contributed by atoms with van der Waals surface area (Å²) in [6, 6.07) is 0. The molecule has 1 aliphatic carbocycles. The molecule has 1 amide bonds. The number of ether oxygens (including phenoxy) is 1. The van der Waals surface area contributed by atoms with Gasteiger partial charge in [0.1, 0.15) is 0 Å². The second-order valence-electron chi connectivity index (χ2n) is 7.14. The molecule has 0 radical (unpaired) electrons. The second kappa shape index (κ2) is 6.80. The van der Waals surface area contributed by atoms with Crippen LogP contribution in [0.5, 0.6) is 0 Å². The Balaban J connectivity index is 1.89. The van der Waals surface area contributed by atoms with E-state index < -0.39 is 0 Å². The number of piperidine rings is 1. The maximum absolute atomic E-state index is 12.8. The number of hydrogen-bond acceptors (Lipinski definition) is 3. The van der Waals surface area contributed by atoms with Gasteiger partial charge in [0.2, 0.25) is 5.91 Å². The molecule has 1 unspecified atom stereocenters. The van der Waals surface area contributed by atoms with Gasteiger partial charge in [0.25, 0.3) is 0 Å². The van der Waals surface area contributed by atoms with Crippen molar-refractivity contribution in [1.29, 1.82) is 0 Å². The van der Waals surface area contributed by atoms with Crippen molar-refractivity contribution < 1.29 is 14.3 Å². The topological polar surface area (TPSA) is 46.6 Å². The average Bonchev–Trinajstić information content (AvgIpc) is 2.46. The van der Waals surface area contributed by atoms with Crippen molar-refractivity contribution in [3.8, 4) is 0 Å². The monoisotopic (exact) mass is 295 g/mol. The summed E-state index contributed by atoms with van der Waals surface area (Å²) in [5.41, 5.74) is 0.118. The second-order valence-corrected chi connectivity index (χ2v) is 7.14. The molecular weight excluding hydrogens is 266 g/mol. The Morgan fingerprint density at radius 3 is 2.38 bits per heavy atom. The first-order valence-electron chi connectivity index (χ1n) is 8.41. The van der Waals surface area contributed by atoms with Crippen molar-refractivity contribution in [1.82, 2.24) is 4.90 Å². The van der Waals surface area contributed by atoms with Crippen molar-refractivity contribution in [3.05, 3.63) is 0 Å².